The lowest BCUT2D eigenvalue weighted by molar-refractivity contribution is 0.248. The predicted octanol–water partition coefficient (Wildman–Crippen LogP) is 1.88. The van der Waals surface area contributed by atoms with Gasteiger partial charge < -0.3 is 10.2 Å². The van der Waals surface area contributed by atoms with Crippen LogP contribution in [0.4, 0.5) is 0 Å². The summed E-state index contributed by atoms with van der Waals surface area (Å²) in [5.41, 5.74) is 2.62. The van der Waals surface area contributed by atoms with E-state index in [1.165, 1.54) is 11.1 Å². The van der Waals surface area contributed by atoms with Gasteiger partial charge in [0.15, 0.2) is 0 Å². The highest BCUT2D eigenvalue weighted by Gasteiger charge is 2.18. The molecule has 2 rings (SSSR count). The summed E-state index contributed by atoms with van der Waals surface area (Å²) in [5.74, 6) is 0.987. The normalized spacial score (nSPS) is 20.5. The molecule has 0 radical (unpaired) electrons. The van der Waals surface area contributed by atoms with Crippen LogP contribution in [0.1, 0.15) is 24.0 Å². The van der Waals surface area contributed by atoms with Gasteiger partial charge in [0, 0.05) is 6.61 Å². The van der Waals surface area contributed by atoms with Gasteiger partial charge >= 0.3 is 0 Å². The molecule has 0 saturated heterocycles. The topological polar surface area (TPSA) is 40.5 Å². The molecule has 1 aromatic carbocycles. The number of rotatable bonds is 2. The van der Waals surface area contributed by atoms with Crippen LogP contribution < -0.4 is 0 Å². The fourth-order valence-corrected chi connectivity index (χ4v) is 2.25. The third-order valence-corrected chi connectivity index (χ3v) is 3.06. The molecule has 2 nitrogen and oxygen atoms in total. The average Bonchev–Trinajstić information content (AvgIpc) is 2.19. The molecule has 0 bridgehead atoms. The minimum absolute atomic E-state index is 0.290. The number of aromatic hydroxyl groups is 1. The van der Waals surface area contributed by atoms with Gasteiger partial charge in [0.2, 0.25) is 0 Å². The lowest BCUT2D eigenvalue weighted by Crippen LogP contribution is -2.15. The van der Waals surface area contributed by atoms with E-state index in [-0.39, 0.29) is 6.61 Å². The Morgan fingerprint density at radius 3 is 2.93 bits per heavy atom. The first-order valence-corrected chi connectivity index (χ1v) is 5.21. The number of fused-ring (bicyclic) bond motifs is 1. The van der Waals surface area contributed by atoms with Gasteiger partial charge in [-0.05, 0) is 54.9 Å². The van der Waals surface area contributed by atoms with Gasteiger partial charge in [-0.25, -0.2) is 0 Å². The van der Waals surface area contributed by atoms with Crippen molar-refractivity contribution in [3.63, 3.8) is 0 Å². The third-order valence-electron chi connectivity index (χ3n) is 3.06. The Morgan fingerprint density at radius 1 is 1.29 bits per heavy atom. The highest BCUT2D eigenvalue weighted by molar-refractivity contribution is 5.36. The highest BCUT2D eigenvalue weighted by Crippen LogP contribution is 2.29. The van der Waals surface area contributed by atoms with Crippen molar-refractivity contribution in [3.05, 3.63) is 29.3 Å². The van der Waals surface area contributed by atoms with Gasteiger partial charge in [-0.2, -0.15) is 0 Å². The first kappa shape index (κ1) is 9.53. The first-order chi connectivity index (χ1) is 6.79. The molecule has 0 aliphatic heterocycles. The van der Waals surface area contributed by atoms with Crippen LogP contribution in [0, 0.1) is 5.92 Å². The molecule has 0 spiro atoms. The molecule has 14 heavy (non-hydrogen) atoms. The summed E-state index contributed by atoms with van der Waals surface area (Å²) in [6.07, 6.45) is 4.13. The Kier molecular flexibility index (Phi) is 2.73. The van der Waals surface area contributed by atoms with Gasteiger partial charge in [0.25, 0.3) is 0 Å². The van der Waals surface area contributed by atoms with Crippen molar-refractivity contribution < 1.29 is 10.2 Å². The number of aryl methyl sites for hydroxylation is 1. The molecule has 2 heteroatoms. The second-order valence-electron chi connectivity index (χ2n) is 4.07. The van der Waals surface area contributed by atoms with E-state index in [1.807, 2.05) is 12.1 Å². The molecular weight excluding hydrogens is 176 g/mol. The maximum Gasteiger partial charge on any atom is 0.115 e. The van der Waals surface area contributed by atoms with E-state index in [0.29, 0.717) is 11.7 Å². The van der Waals surface area contributed by atoms with Crippen molar-refractivity contribution >= 4 is 0 Å². The van der Waals surface area contributed by atoms with Gasteiger partial charge in [0.05, 0.1) is 0 Å². The Labute approximate surface area is 84.2 Å². The fraction of sp³-hybridized carbons (Fsp3) is 0.500. The standard InChI is InChI=1S/C12H16O2/c13-6-5-9-1-2-11-8-12(14)4-3-10(11)7-9/h3-4,8-9,13-14H,1-2,5-7H2. The molecule has 0 aromatic heterocycles. The number of benzene rings is 1. The molecule has 1 aliphatic rings. The number of phenolic OH excluding ortho intramolecular Hbond substituents is 1. The summed E-state index contributed by atoms with van der Waals surface area (Å²) in [4.78, 5) is 0. The largest absolute Gasteiger partial charge is 0.508 e. The van der Waals surface area contributed by atoms with E-state index in [2.05, 4.69) is 0 Å². The first-order valence-electron chi connectivity index (χ1n) is 5.21. The maximum absolute atomic E-state index is 9.32. The van der Waals surface area contributed by atoms with Crippen molar-refractivity contribution in [2.24, 2.45) is 5.92 Å². The maximum atomic E-state index is 9.32. The Hall–Kier alpha value is -1.02. The lowest BCUT2D eigenvalue weighted by Gasteiger charge is -2.23. The molecule has 1 unspecified atom stereocenters. The Bertz CT molecular complexity index is 320. The molecule has 0 saturated carbocycles. The van der Waals surface area contributed by atoms with Crippen LogP contribution in [0.2, 0.25) is 0 Å². The Balaban J connectivity index is 2.15. The summed E-state index contributed by atoms with van der Waals surface area (Å²) >= 11 is 0. The molecule has 2 N–H and O–H groups in total. The van der Waals surface area contributed by atoms with E-state index >= 15 is 0 Å². The van der Waals surface area contributed by atoms with E-state index in [4.69, 9.17) is 5.11 Å². The molecule has 1 atom stereocenters. The number of hydrogen-bond acceptors (Lipinski definition) is 2. The molecule has 0 heterocycles. The van der Waals surface area contributed by atoms with E-state index in [1.54, 1.807) is 6.07 Å². The summed E-state index contributed by atoms with van der Waals surface area (Å²) in [6, 6.07) is 5.62. The van der Waals surface area contributed by atoms with E-state index < -0.39 is 0 Å². The zero-order valence-electron chi connectivity index (χ0n) is 8.24. The second kappa shape index (κ2) is 4.01. The molecular formula is C12H16O2. The van der Waals surface area contributed by atoms with Crippen molar-refractivity contribution in [1.82, 2.24) is 0 Å². The van der Waals surface area contributed by atoms with Crippen LogP contribution in [-0.4, -0.2) is 16.8 Å². The van der Waals surface area contributed by atoms with E-state index in [0.717, 1.165) is 25.7 Å². The number of aliphatic hydroxyl groups excluding tert-OH is 1. The van der Waals surface area contributed by atoms with Gasteiger partial charge in [-0.1, -0.05) is 6.07 Å². The average molecular weight is 192 g/mol. The zero-order chi connectivity index (χ0) is 9.97. The smallest absolute Gasteiger partial charge is 0.115 e. The number of hydrogen-bond donors (Lipinski definition) is 2. The third kappa shape index (κ3) is 1.90. The van der Waals surface area contributed by atoms with Crippen LogP contribution in [0.3, 0.4) is 0 Å². The van der Waals surface area contributed by atoms with Crippen molar-refractivity contribution in [2.45, 2.75) is 25.7 Å². The van der Waals surface area contributed by atoms with Crippen LogP contribution in [0.25, 0.3) is 0 Å². The van der Waals surface area contributed by atoms with Crippen LogP contribution in [0.15, 0.2) is 18.2 Å². The van der Waals surface area contributed by atoms with Crippen molar-refractivity contribution in [1.29, 1.82) is 0 Å². The lowest BCUT2D eigenvalue weighted by atomic mass is 9.82. The minimum atomic E-state index is 0.290. The summed E-state index contributed by atoms with van der Waals surface area (Å²) in [7, 11) is 0. The Morgan fingerprint density at radius 2 is 2.14 bits per heavy atom. The number of phenols is 1. The van der Waals surface area contributed by atoms with Crippen LogP contribution in [0.5, 0.6) is 5.75 Å². The van der Waals surface area contributed by atoms with Gasteiger partial charge in [0.1, 0.15) is 5.75 Å². The predicted molar refractivity (Wildman–Crippen MR) is 55.3 cm³/mol. The summed E-state index contributed by atoms with van der Waals surface area (Å²) in [5, 5.41) is 18.2. The van der Waals surface area contributed by atoms with Gasteiger partial charge in [-0.15, -0.1) is 0 Å². The van der Waals surface area contributed by atoms with Crippen LogP contribution >= 0.6 is 0 Å². The quantitative estimate of drug-likeness (QED) is 0.751. The SMILES string of the molecule is OCCC1CCc2cc(O)ccc2C1. The summed E-state index contributed by atoms with van der Waals surface area (Å²) < 4.78 is 0. The molecule has 0 fully saturated rings. The minimum Gasteiger partial charge on any atom is -0.508 e. The highest BCUT2D eigenvalue weighted by atomic mass is 16.3. The zero-order valence-corrected chi connectivity index (χ0v) is 8.24. The van der Waals surface area contributed by atoms with Gasteiger partial charge in [-0.3, -0.25) is 0 Å². The van der Waals surface area contributed by atoms with Crippen molar-refractivity contribution in [2.75, 3.05) is 6.61 Å². The second-order valence-corrected chi connectivity index (χ2v) is 4.07. The molecule has 0 amide bonds. The molecule has 76 valence electrons. The van der Waals surface area contributed by atoms with E-state index in [9.17, 15) is 5.11 Å². The van der Waals surface area contributed by atoms with Crippen molar-refractivity contribution in [3.8, 4) is 5.75 Å². The molecule has 1 aliphatic carbocycles. The fourth-order valence-electron chi connectivity index (χ4n) is 2.25. The molecule has 1 aromatic rings. The number of aliphatic hydroxyl groups is 1. The monoisotopic (exact) mass is 192 g/mol. The summed E-state index contributed by atoms with van der Waals surface area (Å²) in [6.45, 7) is 0.290. The van der Waals surface area contributed by atoms with Crippen LogP contribution in [-0.2, 0) is 12.8 Å².